The molecule has 2 unspecified atom stereocenters. The summed E-state index contributed by atoms with van der Waals surface area (Å²) in [5.41, 5.74) is -0.774. The van der Waals surface area contributed by atoms with Crippen LogP contribution in [0.5, 0.6) is 5.75 Å². The van der Waals surface area contributed by atoms with E-state index in [1.54, 1.807) is 19.1 Å². The van der Waals surface area contributed by atoms with Gasteiger partial charge in [-0.25, -0.2) is 4.79 Å². The molecule has 2 amide bonds. The van der Waals surface area contributed by atoms with Gasteiger partial charge in [-0.3, -0.25) is 9.59 Å². The van der Waals surface area contributed by atoms with Gasteiger partial charge in [0, 0.05) is 0 Å². The minimum absolute atomic E-state index is 0.193. The quantitative estimate of drug-likeness (QED) is 0.767. The molecular weight excluding hydrogens is 300 g/mol. The van der Waals surface area contributed by atoms with Crippen LogP contribution < -0.4 is 15.4 Å². The minimum Gasteiger partial charge on any atom is -0.480 e. The van der Waals surface area contributed by atoms with Crippen molar-refractivity contribution in [3.05, 3.63) is 23.8 Å². The molecule has 23 heavy (non-hydrogen) atoms. The third kappa shape index (κ3) is 3.28. The Hall–Kier alpha value is -2.57. The van der Waals surface area contributed by atoms with Crippen LogP contribution in [0.15, 0.2) is 18.2 Å². The maximum absolute atomic E-state index is 12.5. The van der Waals surface area contributed by atoms with Crippen molar-refractivity contribution in [2.75, 3.05) is 5.32 Å². The molecule has 0 saturated heterocycles. The molecule has 0 radical (unpaired) electrons. The molecule has 0 aromatic heterocycles. The predicted molar refractivity (Wildman–Crippen MR) is 83.6 cm³/mol. The summed E-state index contributed by atoms with van der Waals surface area (Å²) in [5.74, 6) is -1.69. The average molecular weight is 320 g/mol. The maximum Gasteiger partial charge on any atom is 0.329 e. The van der Waals surface area contributed by atoms with Crippen molar-refractivity contribution in [3.8, 4) is 5.75 Å². The second-order valence-electron chi connectivity index (χ2n) is 5.77. The number of fused-ring (bicyclic) bond motifs is 1. The topological polar surface area (TPSA) is 105 Å². The molecule has 2 rings (SSSR count). The van der Waals surface area contributed by atoms with Crippen LogP contribution in [0, 0.1) is 0 Å². The number of para-hydroxylation sites is 1. The van der Waals surface area contributed by atoms with Crippen LogP contribution in [0.3, 0.4) is 0 Å². The van der Waals surface area contributed by atoms with Crippen molar-refractivity contribution < 1.29 is 24.2 Å². The lowest BCUT2D eigenvalue weighted by atomic mass is 9.95. The number of ether oxygens (including phenoxy) is 1. The van der Waals surface area contributed by atoms with E-state index < -0.39 is 23.5 Å². The number of hydrogen-bond acceptors (Lipinski definition) is 4. The second kappa shape index (κ2) is 6.28. The van der Waals surface area contributed by atoms with E-state index in [1.807, 2.05) is 6.92 Å². The van der Waals surface area contributed by atoms with Gasteiger partial charge in [0.15, 0.2) is 11.9 Å². The van der Waals surface area contributed by atoms with Crippen LogP contribution in [-0.2, 0) is 9.59 Å². The van der Waals surface area contributed by atoms with Gasteiger partial charge in [-0.2, -0.15) is 0 Å². The number of carbonyl (C=O) groups excluding carboxylic acids is 2. The summed E-state index contributed by atoms with van der Waals surface area (Å²) in [7, 11) is 0. The molecule has 1 aliphatic rings. The molecular formula is C16H20N2O5. The molecule has 1 aromatic carbocycles. The molecule has 1 aromatic rings. The van der Waals surface area contributed by atoms with Gasteiger partial charge in [0.2, 0.25) is 0 Å². The molecule has 0 aliphatic carbocycles. The van der Waals surface area contributed by atoms with Gasteiger partial charge in [-0.15, -0.1) is 0 Å². The summed E-state index contributed by atoms with van der Waals surface area (Å²) >= 11 is 0. The number of carbonyl (C=O) groups is 3. The molecule has 7 heteroatoms. The number of carboxylic acid groups (broad SMARTS) is 1. The molecule has 0 saturated carbocycles. The van der Waals surface area contributed by atoms with Crippen LogP contribution in [0.25, 0.3) is 0 Å². The van der Waals surface area contributed by atoms with Crippen molar-refractivity contribution in [3.63, 3.8) is 0 Å². The van der Waals surface area contributed by atoms with Crippen molar-refractivity contribution in [1.82, 2.24) is 5.32 Å². The molecule has 0 spiro atoms. The SMILES string of the molecule is CCCC(C)(NC(=O)c1cccc2c1OC(C)C(=O)N2)C(=O)O. The summed E-state index contributed by atoms with van der Waals surface area (Å²) in [5, 5.41) is 14.6. The van der Waals surface area contributed by atoms with Gasteiger partial charge in [0.1, 0.15) is 5.54 Å². The Bertz CT molecular complexity index is 658. The van der Waals surface area contributed by atoms with Gasteiger partial charge in [-0.1, -0.05) is 19.4 Å². The molecule has 1 heterocycles. The first-order valence-electron chi connectivity index (χ1n) is 7.45. The lowest BCUT2D eigenvalue weighted by Gasteiger charge is -2.28. The van der Waals surface area contributed by atoms with Gasteiger partial charge in [0.05, 0.1) is 11.3 Å². The summed E-state index contributed by atoms with van der Waals surface area (Å²) < 4.78 is 5.51. The zero-order chi connectivity index (χ0) is 17.2. The molecule has 124 valence electrons. The maximum atomic E-state index is 12.5. The number of benzene rings is 1. The highest BCUT2D eigenvalue weighted by Crippen LogP contribution is 2.33. The highest BCUT2D eigenvalue weighted by atomic mass is 16.5. The normalized spacial score (nSPS) is 18.9. The highest BCUT2D eigenvalue weighted by Gasteiger charge is 2.36. The fraction of sp³-hybridized carbons (Fsp3) is 0.438. The van der Waals surface area contributed by atoms with E-state index >= 15 is 0 Å². The average Bonchev–Trinajstić information content (AvgIpc) is 2.47. The molecule has 1 aliphatic heterocycles. The first-order chi connectivity index (χ1) is 10.8. The van der Waals surface area contributed by atoms with E-state index in [1.165, 1.54) is 13.0 Å². The molecule has 0 bridgehead atoms. The summed E-state index contributed by atoms with van der Waals surface area (Å²) in [6.45, 7) is 4.89. The minimum atomic E-state index is -1.36. The number of carboxylic acids is 1. The van der Waals surface area contributed by atoms with Crippen molar-refractivity contribution in [2.45, 2.75) is 45.3 Å². The van der Waals surface area contributed by atoms with E-state index in [4.69, 9.17) is 4.74 Å². The largest absolute Gasteiger partial charge is 0.480 e. The lowest BCUT2D eigenvalue weighted by molar-refractivity contribution is -0.144. The Morgan fingerprint density at radius 3 is 2.74 bits per heavy atom. The van der Waals surface area contributed by atoms with Crippen molar-refractivity contribution >= 4 is 23.5 Å². The summed E-state index contributed by atoms with van der Waals surface area (Å²) in [6, 6.07) is 4.76. The van der Waals surface area contributed by atoms with Gasteiger partial charge in [-0.05, 0) is 32.4 Å². The van der Waals surface area contributed by atoms with E-state index in [-0.39, 0.29) is 17.2 Å². The number of amides is 2. The fourth-order valence-electron chi connectivity index (χ4n) is 2.45. The Morgan fingerprint density at radius 2 is 2.13 bits per heavy atom. The molecule has 7 nitrogen and oxygen atoms in total. The standard InChI is InChI=1S/C16H20N2O5/c1-4-8-16(3,15(21)22)18-14(20)10-6-5-7-11-12(10)23-9(2)13(19)17-11/h5-7,9H,4,8H2,1-3H3,(H,17,19)(H,18,20)(H,21,22). The Kier molecular flexibility index (Phi) is 4.58. The molecule has 2 atom stereocenters. The number of aliphatic carboxylic acids is 1. The Morgan fingerprint density at radius 1 is 1.43 bits per heavy atom. The zero-order valence-corrected chi connectivity index (χ0v) is 13.3. The smallest absolute Gasteiger partial charge is 0.329 e. The van der Waals surface area contributed by atoms with E-state index in [9.17, 15) is 19.5 Å². The monoisotopic (exact) mass is 320 g/mol. The van der Waals surface area contributed by atoms with Crippen LogP contribution in [-0.4, -0.2) is 34.5 Å². The van der Waals surface area contributed by atoms with E-state index in [0.29, 0.717) is 18.5 Å². The van der Waals surface area contributed by atoms with Crippen LogP contribution in [0.1, 0.15) is 44.0 Å². The number of anilines is 1. The van der Waals surface area contributed by atoms with Gasteiger partial charge < -0.3 is 20.5 Å². The lowest BCUT2D eigenvalue weighted by Crippen LogP contribution is -2.52. The Balaban J connectivity index is 2.32. The van der Waals surface area contributed by atoms with Gasteiger partial charge in [0.25, 0.3) is 11.8 Å². The van der Waals surface area contributed by atoms with Gasteiger partial charge >= 0.3 is 5.97 Å². The third-order valence-electron chi connectivity index (χ3n) is 3.79. The van der Waals surface area contributed by atoms with Crippen LogP contribution >= 0.6 is 0 Å². The second-order valence-corrected chi connectivity index (χ2v) is 5.77. The van der Waals surface area contributed by atoms with Crippen molar-refractivity contribution in [2.24, 2.45) is 0 Å². The first-order valence-corrected chi connectivity index (χ1v) is 7.45. The number of nitrogens with one attached hydrogen (secondary N) is 2. The predicted octanol–water partition coefficient (Wildman–Crippen LogP) is 1.78. The summed E-state index contributed by atoms with van der Waals surface area (Å²) in [4.78, 5) is 35.6. The molecule has 0 fully saturated rings. The van der Waals surface area contributed by atoms with Crippen molar-refractivity contribution in [1.29, 1.82) is 0 Å². The number of hydrogen-bond donors (Lipinski definition) is 3. The third-order valence-corrected chi connectivity index (χ3v) is 3.79. The molecule has 3 N–H and O–H groups in total. The fourth-order valence-corrected chi connectivity index (χ4v) is 2.45. The van der Waals surface area contributed by atoms with E-state index in [0.717, 1.165) is 0 Å². The van der Waals surface area contributed by atoms with E-state index in [2.05, 4.69) is 10.6 Å². The number of rotatable bonds is 5. The van der Waals surface area contributed by atoms with Crippen LogP contribution in [0.2, 0.25) is 0 Å². The first kappa shape index (κ1) is 16.8. The summed E-state index contributed by atoms with van der Waals surface area (Å²) in [6.07, 6.45) is 0.189. The van der Waals surface area contributed by atoms with Crippen LogP contribution in [0.4, 0.5) is 5.69 Å². The Labute approximate surface area is 134 Å². The zero-order valence-electron chi connectivity index (χ0n) is 13.3. The highest BCUT2D eigenvalue weighted by molar-refractivity contribution is 6.05.